The zero-order chi connectivity index (χ0) is 37.8. The van der Waals surface area contributed by atoms with Gasteiger partial charge in [-0.3, -0.25) is 28.8 Å². The highest BCUT2D eigenvalue weighted by Gasteiger charge is 2.69. The van der Waals surface area contributed by atoms with Gasteiger partial charge < -0.3 is 31.1 Å². The highest BCUT2D eigenvalue weighted by molar-refractivity contribution is 6.38. The SMILES string of the molecule is CCCC(NC(=O)[C@@H]1[C@@H]2[C@H](CN1C(=O)C(NCCC(C)(C)C)C(C)(C)C)C2(C)C)C(=O)C(=O)NCC(=O)N[C@H](C(=O)N(C)C)c1ccccc1. The number of likely N-dealkylation sites (N-methyl/N-ethyl adjacent to an activating group) is 1. The van der Waals surface area contributed by atoms with Crippen molar-refractivity contribution in [3.8, 4) is 0 Å². The number of amides is 5. The zero-order valence-corrected chi connectivity index (χ0v) is 31.9. The van der Waals surface area contributed by atoms with E-state index in [1.807, 2.05) is 27.7 Å². The van der Waals surface area contributed by atoms with Crippen LogP contribution >= 0.6 is 0 Å². The smallest absolute Gasteiger partial charge is 0.290 e. The van der Waals surface area contributed by atoms with Crippen molar-refractivity contribution in [3.05, 3.63) is 35.9 Å². The second-order valence-corrected chi connectivity index (χ2v) is 17.0. The molecule has 50 heavy (non-hydrogen) atoms. The number of hydrogen-bond acceptors (Lipinski definition) is 7. The molecule has 4 N–H and O–H groups in total. The molecule has 0 aromatic heterocycles. The molecule has 6 atom stereocenters. The van der Waals surface area contributed by atoms with Crippen molar-refractivity contribution in [1.29, 1.82) is 0 Å². The quantitative estimate of drug-likeness (QED) is 0.206. The summed E-state index contributed by atoms with van der Waals surface area (Å²) in [6.45, 7) is 19.1. The summed E-state index contributed by atoms with van der Waals surface area (Å²) in [5.41, 5.74) is 0.107. The lowest BCUT2D eigenvalue weighted by Gasteiger charge is -2.38. The highest BCUT2D eigenvalue weighted by atomic mass is 16.2. The number of carbonyl (C=O) groups excluding carboxylic acids is 6. The predicted octanol–water partition coefficient (Wildman–Crippen LogP) is 2.83. The van der Waals surface area contributed by atoms with Gasteiger partial charge in [-0.2, -0.15) is 0 Å². The van der Waals surface area contributed by atoms with Gasteiger partial charge in [0.25, 0.3) is 5.91 Å². The first-order valence-corrected chi connectivity index (χ1v) is 17.8. The van der Waals surface area contributed by atoms with Gasteiger partial charge in [0.2, 0.25) is 29.4 Å². The van der Waals surface area contributed by atoms with Crippen LogP contribution < -0.4 is 21.3 Å². The van der Waals surface area contributed by atoms with Crippen LogP contribution in [0.15, 0.2) is 30.3 Å². The second kappa shape index (κ2) is 16.0. The topological polar surface area (TPSA) is 157 Å². The summed E-state index contributed by atoms with van der Waals surface area (Å²) in [5, 5.41) is 11.3. The third-order valence-electron chi connectivity index (χ3n) is 10.1. The Morgan fingerprint density at radius 1 is 0.960 bits per heavy atom. The van der Waals surface area contributed by atoms with Crippen molar-refractivity contribution in [3.63, 3.8) is 0 Å². The number of benzene rings is 1. The molecule has 12 heteroatoms. The third-order valence-corrected chi connectivity index (χ3v) is 10.1. The van der Waals surface area contributed by atoms with Crippen LogP contribution in [0.2, 0.25) is 0 Å². The van der Waals surface area contributed by atoms with E-state index in [-0.39, 0.29) is 40.9 Å². The molecular formula is C38H60N6O6. The maximum Gasteiger partial charge on any atom is 0.290 e. The third kappa shape index (κ3) is 9.92. The Hall–Kier alpha value is -3.80. The van der Waals surface area contributed by atoms with E-state index in [0.29, 0.717) is 25.1 Å². The van der Waals surface area contributed by atoms with Gasteiger partial charge in [0.1, 0.15) is 12.1 Å². The number of nitrogens with one attached hydrogen (secondary N) is 4. The molecular weight excluding hydrogens is 636 g/mol. The number of piperidine rings is 1. The predicted molar refractivity (Wildman–Crippen MR) is 192 cm³/mol. The van der Waals surface area contributed by atoms with E-state index in [1.54, 1.807) is 49.3 Å². The summed E-state index contributed by atoms with van der Waals surface area (Å²) in [5.74, 6) is -3.42. The van der Waals surface area contributed by atoms with Gasteiger partial charge in [-0.15, -0.1) is 0 Å². The normalized spacial score (nSPS) is 21.3. The number of likely N-dealkylation sites (tertiary alicyclic amines) is 1. The lowest BCUT2D eigenvalue weighted by Crippen LogP contribution is -2.60. The van der Waals surface area contributed by atoms with Crippen molar-refractivity contribution in [2.24, 2.45) is 28.1 Å². The average Bonchev–Trinajstić information content (AvgIpc) is 3.33. The van der Waals surface area contributed by atoms with Gasteiger partial charge in [0.15, 0.2) is 0 Å². The van der Waals surface area contributed by atoms with E-state index in [0.717, 1.165) is 6.42 Å². The Morgan fingerprint density at radius 2 is 1.58 bits per heavy atom. The fraction of sp³-hybridized carbons (Fsp3) is 0.684. The van der Waals surface area contributed by atoms with Crippen molar-refractivity contribution < 1.29 is 28.8 Å². The summed E-state index contributed by atoms with van der Waals surface area (Å²) >= 11 is 0. The van der Waals surface area contributed by atoms with E-state index in [1.165, 1.54) is 4.90 Å². The van der Waals surface area contributed by atoms with Crippen molar-refractivity contribution in [1.82, 2.24) is 31.1 Å². The Balaban J connectivity index is 1.71. The summed E-state index contributed by atoms with van der Waals surface area (Å²) in [6, 6.07) is 5.31. The number of nitrogens with zero attached hydrogens (tertiary/aromatic N) is 2. The van der Waals surface area contributed by atoms with Gasteiger partial charge in [-0.1, -0.05) is 99.1 Å². The molecule has 5 amide bonds. The van der Waals surface area contributed by atoms with Gasteiger partial charge >= 0.3 is 0 Å². The largest absolute Gasteiger partial charge is 0.347 e. The average molecular weight is 697 g/mol. The van der Waals surface area contributed by atoms with Crippen LogP contribution in [0.1, 0.15) is 93.2 Å². The highest BCUT2D eigenvalue weighted by Crippen LogP contribution is 2.65. The van der Waals surface area contributed by atoms with Crippen LogP contribution in [0.5, 0.6) is 0 Å². The molecule has 3 rings (SSSR count). The number of rotatable bonds is 15. The lowest BCUT2D eigenvalue weighted by atomic mass is 9.84. The molecule has 1 aromatic carbocycles. The van der Waals surface area contributed by atoms with E-state index in [4.69, 9.17) is 0 Å². The summed E-state index contributed by atoms with van der Waals surface area (Å²) < 4.78 is 0. The summed E-state index contributed by atoms with van der Waals surface area (Å²) in [7, 11) is 3.15. The molecule has 1 aliphatic heterocycles. The monoisotopic (exact) mass is 696 g/mol. The first kappa shape index (κ1) is 40.6. The molecule has 2 unspecified atom stereocenters. The molecule has 0 spiro atoms. The van der Waals surface area contributed by atoms with Crippen molar-refractivity contribution in [2.45, 2.75) is 106 Å². The number of Topliss-reactive ketones (excluding diaryl/α,β-unsaturated/α-hetero) is 1. The van der Waals surface area contributed by atoms with Crippen LogP contribution in [-0.4, -0.2) is 97.0 Å². The van der Waals surface area contributed by atoms with Gasteiger partial charge in [0.05, 0.1) is 18.6 Å². The number of fused-ring (bicyclic) bond motifs is 1. The van der Waals surface area contributed by atoms with Crippen LogP contribution in [0.4, 0.5) is 0 Å². The molecule has 2 aliphatic rings. The molecule has 1 aromatic rings. The van der Waals surface area contributed by atoms with E-state index in [9.17, 15) is 28.8 Å². The van der Waals surface area contributed by atoms with Crippen LogP contribution in [-0.2, 0) is 28.8 Å². The van der Waals surface area contributed by atoms with Crippen molar-refractivity contribution in [2.75, 3.05) is 33.7 Å². The number of carbonyl (C=O) groups is 6. The van der Waals surface area contributed by atoms with E-state index in [2.05, 4.69) is 55.9 Å². The lowest BCUT2D eigenvalue weighted by molar-refractivity contribution is -0.145. The molecule has 1 saturated carbocycles. The Bertz CT molecular complexity index is 1410. The minimum absolute atomic E-state index is 0.0704. The van der Waals surface area contributed by atoms with Crippen LogP contribution in [0, 0.1) is 28.1 Å². The standard InChI is InChI=1S/C38H60N6O6/c1-12-16-25(30(46)33(48)40-21-26(45)42-28(34(49)43(10)11)23-17-14-13-15-18-23)41-32(47)29-27-24(38(27,8)9)22-44(29)35(50)31(37(5,6)7)39-20-19-36(2,3)4/h13-15,17-18,24-25,27-29,31,39H,12,16,19-22H2,1-11H3,(H,40,48)(H,41,47)(H,42,45)/t24-,25?,27-,28-,29-,31?/m0/s1. The number of ketones is 1. The first-order chi connectivity index (χ1) is 23.1. The van der Waals surface area contributed by atoms with Crippen LogP contribution in [0.25, 0.3) is 0 Å². The molecule has 278 valence electrons. The Kier molecular flexibility index (Phi) is 13.0. The second-order valence-electron chi connectivity index (χ2n) is 17.0. The maximum atomic E-state index is 14.2. The molecule has 0 radical (unpaired) electrons. The molecule has 0 bridgehead atoms. The number of hydrogen-bond donors (Lipinski definition) is 4. The maximum absolute atomic E-state index is 14.2. The van der Waals surface area contributed by atoms with Gasteiger partial charge in [-0.05, 0) is 53.0 Å². The molecule has 1 aliphatic carbocycles. The molecule has 1 saturated heterocycles. The minimum Gasteiger partial charge on any atom is -0.347 e. The zero-order valence-electron chi connectivity index (χ0n) is 31.9. The minimum atomic E-state index is -1.14. The van der Waals surface area contributed by atoms with Gasteiger partial charge in [-0.25, -0.2) is 0 Å². The summed E-state index contributed by atoms with van der Waals surface area (Å²) in [6.07, 6.45) is 1.58. The molecule has 12 nitrogen and oxygen atoms in total. The fourth-order valence-electron chi connectivity index (χ4n) is 6.96. The Morgan fingerprint density at radius 3 is 2.12 bits per heavy atom. The fourth-order valence-corrected chi connectivity index (χ4v) is 6.96. The first-order valence-electron chi connectivity index (χ1n) is 17.8. The van der Waals surface area contributed by atoms with E-state index < -0.39 is 59.6 Å². The van der Waals surface area contributed by atoms with Crippen LogP contribution in [0.3, 0.4) is 0 Å². The Labute approximate surface area is 298 Å². The summed E-state index contributed by atoms with van der Waals surface area (Å²) in [4.78, 5) is 83.3. The molecule has 1 heterocycles. The van der Waals surface area contributed by atoms with E-state index >= 15 is 0 Å². The van der Waals surface area contributed by atoms with Crippen molar-refractivity contribution >= 4 is 35.3 Å². The van der Waals surface area contributed by atoms with Gasteiger partial charge in [0, 0.05) is 20.6 Å². The molecule has 2 fully saturated rings.